The van der Waals surface area contributed by atoms with Gasteiger partial charge >= 0.3 is 0 Å². The number of piperidine rings is 1. The van der Waals surface area contributed by atoms with E-state index in [9.17, 15) is 18.5 Å². The van der Waals surface area contributed by atoms with E-state index >= 15 is 0 Å². The van der Waals surface area contributed by atoms with Crippen LogP contribution in [-0.2, 0) is 14.6 Å². The van der Waals surface area contributed by atoms with Crippen molar-refractivity contribution in [2.75, 3.05) is 23.3 Å². The van der Waals surface area contributed by atoms with Crippen molar-refractivity contribution >= 4 is 27.1 Å². The molecule has 2 aliphatic rings. The van der Waals surface area contributed by atoms with Crippen molar-refractivity contribution in [3.05, 3.63) is 48.5 Å². The second-order valence-electron chi connectivity index (χ2n) is 9.23. The van der Waals surface area contributed by atoms with Gasteiger partial charge in [-0.2, -0.15) is 5.26 Å². The Kier molecular flexibility index (Phi) is 7.54. The number of nitriles is 1. The lowest BCUT2D eigenvalue weighted by Gasteiger charge is -2.41. The molecule has 1 saturated heterocycles. The number of nitrogens with one attached hydrogen (secondary N) is 1. The van der Waals surface area contributed by atoms with Crippen molar-refractivity contribution in [1.82, 2.24) is 4.90 Å². The van der Waals surface area contributed by atoms with Gasteiger partial charge in [-0.15, -0.1) is 0 Å². The zero-order chi connectivity index (χ0) is 24.1. The van der Waals surface area contributed by atoms with E-state index in [1.165, 1.54) is 51.2 Å². The fraction of sp³-hybridized carbons (Fsp3) is 0.462. The highest BCUT2D eigenvalue weighted by Gasteiger charge is 2.29. The maximum absolute atomic E-state index is 13.0. The van der Waals surface area contributed by atoms with E-state index in [1.54, 1.807) is 41.3 Å². The monoisotopic (exact) mass is 480 g/mol. The van der Waals surface area contributed by atoms with Crippen molar-refractivity contribution in [2.45, 2.75) is 73.7 Å². The second-order valence-corrected chi connectivity index (χ2v) is 11.2. The number of amides is 1. The van der Waals surface area contributed by atoms with E-state index in [4.69, 9.17) is 0 Å². The Morgan fingerprint density at radius 3 is 2.03 bits per heavy atom. The summed E-state index contributed by atoms with van der Waals surface area (Å²) < 4.78 is 26.1. The van der Waals surface area contributed by atoms with Crippen molar-refractivity contribution in [1.29, 1.82) is 5.26 Å². The molecule has 2 aromatic carbocycles. The van der Waals surface area contributed by atoms with Crippen LogP contribution in [0.3, 0.4) is 0 Å². The molecule has 0 spiro atoms. The Hall–Kier alpha value is -2.89. The summed E-state index contributed by atoms with van der Waals surface area (Å²) in [5.74, 6) is -0.215. The third-order valence-electron chi connectivity index (χ3n) is 6.97. The van der Waals surface area contributed by atoms with Crippen molar-refractivity contribution in [2.24, 2.45) is 0 Å². The first-order chi connectivity index (χ1) is 16.4. The molecule has 34 heavy (non-hydrogen) atoms. The molecule has 7 nitrogen and oxygen atoms in total. The van der Waals surface area contributed by atoms with Crippen LogP contribution in [0.2, 0.25) is 0 Å². The van der Waals surface area contributed by atoms with Gasteiger partial charge in [0, 0.05) is 37.8 Å². The smallest absolute Gasteiger partial charge is 0.221 e. The highest BCUT2D eigenvalue weighted by Crippen LogP contribution is 2.30. The Labute approximate surface area is 202 Å². The number of likely N-dealkylation sites (tertiary alicyclic amines) is 1. The summed E-state index contributed by atoms with van der Waals surface area (Å²) in [4.78, 5) is 15.8. The third-order valence-corrected chi connectivity index (χ3v) is 8.76. The molecular weight excluding hydrogens is 448 g/mol. The number of anilines is 2. The Morgan fingerprint density at radius 2 is 1.50 bits per heavy atom. The first kappa shape index (κ1) is 24.2. The average Bonchev–Trinajstić information content (AvgIpc) is 2.86. The number of sulfone groups is 1. The maximum atomic E-state index is 13.0. The molecule has 2 aromatic rings. The van der Waals surface area contributed by atoms with E-state index in [2.05, 4.69) is 16.4 Å². The molecule has 1 aliphatic heterocycles. The molecule has 1 N–H and O–H groups in total. The molecule has 180 valence electrons. The summed E-state index contributed by atoms with van der Waals surface area (Å²) in [6.45, 7) is 3.42. The predicted molar refractivity (Wildman–Crippen MR) is 132 cm³/mol. The topological polar surface area (TPSA) is 93.5 Å². The zero-order valence-electron chi connectivity index (χ0n) is 19.6. The van der Waals surface area contributed by atoms with E-state index < -0.39 is 9.84 Å². The van der Waals surface area contributed by atoms with Crippen molar-refractivity contribution < 1.29 is 13.2 Å². The highest BCUT2D eigenvalue weighted by atomic mass is 32.2. The van der Waals surface area contributed by atoms with E-state index in [1.807, 2.05) is 0 Å². The third kappa shape index (κ3) is 5.43. The molecule has 1 aliphatic carbocycles. The fourth-order valence-electron chi connectivity index (χ4n) is 5.15. The highest BCUT2D eigenvalue weighted by molar-refractivity contribution is 7.91. The van der Waals surface area contributed by atoms with Crippen LogP contribution in [0.4, 0.5) is 11.4 Å². The summed E-state index contributed by atoms with van der Waals surface area (Å²) in [6, 6.07) is 13.5. The number of carbonyl (C=O) groups is 1. The summed E-state index contributed by atoms with van der Waals surface area (Å²) in [6.07, 6.45) is 10.8. The van der Waals surface area contributed by atoms with Crippen LogP contribution in [0.15, 0.2) is 58.3 Å². The van der Waals surface area contributed by atoms with Gasteiger partial charge in [0.1, 0.15) is 0 Å². The zero-order valence-corrected chi connectivity index (χ0v) is 20.4. The van der Waals surface area contributed by atoms with Crippen LogP contribution in [0.1, 0.15) is 51.9 Å². The van der Waals surface area contributed by atoms with Gasteiger partial charge in [0.15, 0.2) is 6.19 Å². The molecule has 0 bridgehead atoms. The van der Waals surface area contributed by atoms with E-state index in [-0.39, 0.29) is 21.7 Å². The molecular formula is C26H32N4O3S. The first-order valence-electron chi connectivity index (χ1n) is 12.0. The average molecular weight is 481 g/mol. The summed E-state index contributed by atoms with van der Waals surface area (Å²) in [5, 5.41) is 12.5. The molecule has 0 unspecified atom stereocenters. The molecule has 2 fully saturated rings. The molecule has 1 amide bonds. The van der Waals surface area contributed by atoms with Gasteiger partial charge in [-0.1, -0.05) is 19.3 Å². The minimum atomic E-state index is -3.70. The predicted octanol–water partition coefficient (Wildman–Crippen LogP) is 4.56. The van der Waals surface area contributed by atoms with Gasteiger partial charge in [-0.3, -0.25) is 9.69 Å². The Balaban J connectivity index is 1.42. The van der Waals surface area contributed by atoms with Crippen molar-refractivity contribution in [3.8, 4) is 6.19 Å². The van der Waals surface area contributed by atoms with Gasteiger partial charge in [0.05, 0.1) is 15.5 Å². The lowest BCUT2D eigenvalue weighted by Crippen LogP contribution is -2.47. The van der Waals surface area contributed by atoms with Crippen LogP contribution in [0.5, 0.6) is 0 Å². The first-order valence-corrected chi connectivity index (χ1v) is 13.5. The molecule has 8 heteroatoms. The molecule has 0 aromatic heterocycles. The normalized spacial score (nSPS) is 18.2. The van der Waals surface area contributed by atoms with Crippen LogP contribution in [0, 0.1) is 11.5 Å². The van der Waals surface area contributed by atoms with Crippen molar-refractivity contribution in [3.63, 3.8) is 0 Å². The Morgan fingerprint density at radius 1 is 0.941 bits per heavy atom. The molecule has 0 atom stereocenters. The summed E-state index contributed by atoms with van der Waals surface area (Å²) in [7, 11) is -3.70. The number of carbonyl (C=O) groups excluding carboxylic acids is 1. The van der Waals surface area contributed by atoms with Gasteiger partial charge in [-0.05, 0) is 74.2 Å². The van der Waals surface area contributed by atoms with E-state index in [0.717, 1.165) is 31.6 Å². The minimum absolute atomic E-state index is 0.133. The number of rotatable bonds is 6. The van der Waals surface area contributed by atoms with Crippen LogP contribution < -0.4 is 10.2 Å². The van der Waals surface area contributed by atoms with Gasteiger partial charge in [0.2, 0.25) is 15.7 Å². The quantitative estimate of drug-likeness (QED) is 0.481. The fourth-order valence-corrected chi connectivity index (χ4v) is 6.41. The lowest BCUT2D eigenvalue weighted by molar-refractivity contribution is -0.114. The maximum Gasteiger partial charge on any atom is 0.221 e. The SMILES string of the molecule is CC(=O)Nc1ccc(S(=O)(=O)c2ccc(N(C#N)C3CCN(C4CCCCC4)CC3)cc2)cc1. The minimum Gasteiger partial charge on any atom is -0.326 e. The second kappa shape index (κ2) is 10.6. The molecule has 0 radical (unpaired) electrons. The number of benzene rings is 2. The van der Waals surface area contributed by atoms with Gasteiger partial charge in [-0.25, -0.2) is 8.42 Å². The number of hydrogen-bond acceptors (Lipinski definition) is 6. The van der Waals surface area contributed by atoms with Gasteiger partial charge < -0.3 is 10.2 Å². The van der Waals surface area contributed by atoms with Crippen LogP contribution >= 0.6 is 0 Å². The van der Waals surface area contributed by atoms with Crippen LogP contribution in [-0.4, -0.2) is 44.4 Å². The largest absolute Gasteiger partial charge is 0.326 e. The lowest BCUT2D eigenvalue weighted by atomic mass is 9.92. The molecule has 1 saturated carbocycles. The summed E-state index contributed by atoms with van der Waals surface area (Å²) >= 11 is 0. The Bertz CT molecular complexity index is 1130. The number of nitrogens with zero attached hydrogens (tertiary/aromatic N) is 3. The van der Waals surface area contributed by atoms with E-state index in [0.29, 0.717) is 11.7 Å². The van der Waals surface area contributed by atoms with Gasteiger partial charge in [0.25, 0.3) is 0 Å². The molecule has 4 rings (SSSR count). The molecule has 1 heterocycles. The summed E-state index contributed by atoms with van der Waals surface area (Å²) in [5.41, 5.74) is 1.26. The standard InChI is InChI=1S/C26H32N4O3S/c1-20(31)28-21-7-11-25(12-8-21)34(32,33)26-13-9-23(10-14-26)30(19-27)24-15-17-29(18-16-24)22-5-3-2-4-6-22/h7-14,22,24H,2-6,15-18H2,1H3,(H,28,31). The number of hydrogen-bond donors (Lipinski definition) is 1. The van der Waals surface area contributed by atoms with Crippen LogP contribution in [0.25, 0.3) is 0 Å².